The Morgan fingerprint density at radius 2 is 1.79 bits per heavy atom. The van der Waals surface area contributed by atoms with Gasteiger partial charge in [0.15, 0.2) is 0 Å². The minimum Gasteiger partial charge on any atom is -0.468 e. The van der Waals surface area contributed by atoms with Crippen molar-refractivity contribution < 1.29 is 17.9 Å². The number of carbonyl (C=O) groups is 1. The van der Waals surface area contributed by atoms with Crippen LogP contribution in [0.2, 0.25) is 0 Å². The molecule has 28 heavy (non-hydrogen) atoms. The van der Waals surface area contributed by atoms with Crippen LogP contribution in [0.1, 0.15) is 36.5 Å². The predicted octanol–water partition coefficient (Wildman–Crippen LogP) is 4.35. The van der Waals surface area contributed by atoms with Gasteiger partial charge in [0, 0.05) is 5.92 Å². The van der Waals surface area contributed by atoms with Gasteiger partial charge in [-0.1, -0.05) is 55.0 Å². The molecule has 0 aliphatic carbocycles. The normalized spacial score (nSPS) is 12.8. The third-order valence-corrected chi connectivity index (χ3v) is 6.36. The average Bonchev–Trinajstić information content (AvgIpc) is 2.66. The molecule has 0 aliphatic rings. The summed E-state index contributed by atoms with van der Waals surface area (Å²) in [6.07, 6.45) is 3.92. The third-order valence-electron chi connectivity index (χ3n) is 4.60. The largest absolute Gasteiger partial charge is 0.468 e. The van der Waals surface area contributed by atoms with Crippen molar-refractivity contribution >= 4 is 21.7 Å². The summed E-state index contributed by atoms with van der Waals surface area (Å²) in [4.78, 5) is 12.2. The van der Waals surface area contributed by atoms with Gasteiger partial charge in [0.25, 0.3) is 10.0 Å². The first-order valence-corrected chi connectivity index (χ1v) is 10.5. The van der Waals surface area contributed by atoms with E-state index in [0.29, 0.717) is 5.69 Å². The molecule has 2 aromatic carbocycles. The molecule has 0 fully saturated rings. The summed E-state index contributed by atoms with van der Waals surface area (Å²) in [5.74, 6) is -0.642. The van der Waals surface area contributed by atoms with E-state index in [1.165, 1.54) is 7.11 Å². The number of allylic oxidation sites excluding steroid dienone is 2. The van der Waals surface area contributed by atoms with Crippen molar-refractivity contribution in [3.05, 3.63) is 71.3 Å². The van der Waals surface area contributed by atoms with Gasteiger partial charge in [0.05, 0.1) is 17.7 Å². The lowest BCUT2D eigenvalue weighted by atomic mass is 9.96. The van der Waals surface area contributed by atoms with E-state index >= 15 is 0 Å². The van der Waals surface area contributed by atoms with E-state index in [-0.39, 0.29) is 10.8 Å². The number of carbonyl (C=O) groups excluding carboxylic acids is 1. The van der Waals surface area contributed by atoms with Crippen LogP contribution in [0, 0.1) is 13.8 Å². The lowest BCUT2D eigenvalue weighted by Crippen LogP contribution is -2.37. The summed E-state index contributed by atoms with van der Waals surface area (Å²) < 4.78 is 32.9. The number of ether oxygens (including phenoxy) is 1. The van der Waals surface area contributed by atoms with Crippen LogP contribution in [0.3, 0.4) is 0 Å². The Morgan fingerprint density at radius 1 is 1.14 bits per heavy atom. The summed E-state index contributed by atoms with van der Waals surface area (Å²) in [6.45, 7) is 7.25. The summed E-state index contributed by atoms with van der Waals surface area (Å²) in [5.41, 5.74) is 3.07. The summed E-state index contributed by atoms with van der Waals surface area (Å²) in [6, 6.07) is 12.2. The van der Waals surface area contributed by atoms with Crippen LogP contribution < -0.4 is 4.31 Å². The molecule has 0 N–H and O–H groups in total. The molecule has 1 atom stereocenters. The lowest BCUT2D eigenvalue weighted by molar-refractivity contribution is -0.138. The fourth-order valence-corrected chi connectivity index (χ4v) is 4.59. The predicted molar refractivity (Wildman–Crippen MR) is 112 cm³/mol. The molecule has 0 spiro atoms. The van der Waals surface area contributed by atoms with E-state index in [4.69, 9.17) is 4.74 Å². The Bertz CT molecular complexity index is 963. The monoisotopic (exact) mass is 401 g/mol. The Morgan fingerprint density at radius 3 is 2.36 bits per heavy atom. The van der Waals surface area contributed by atoms with E-state index in [1.807, 2.05) is 58.0 Å². The molecule has 0 heterocycles. The smallest absolute Gasteiger partial charge is 0.326 e. The zero-order valence-corrected chi connectivity index (χ0v) is 17.8. The van der Waals surface area contributed by atoms with E-state index in [9.17, 15) is 13.2 Å². The van der Waals surface area contributed by atoms with Crippen LogP contribution >= 0.6 is 0 Å². The number of para-hydroxylation sites is 1. The summed E-state index contributed by atoms with van der Waals surface area (Å²) in [5, 5.41) is 0. The molecule has 0 aromatic heterocycles. The van der Waals surface area contributed by atoms with E-state index < -0.39 is 22.5 Å². The van der Waals surface area contributed by atoms with Crippen LogP contribution in [-0.2, 0) is 19.6 Å². The van der Waals surface area contributed by atoms with Crippen LogP contribution in [0.4, 0.5) is 5.69 Å². The van der Waals surface area contributed by atoms with Gasteiger partial charge < -0.3 is 4.74 Å². The maximum absolute atomic E-state index is 13.5. The molecule has 0 bridgehead atoms. The van der Waals surface area contributed by atoms with Gasteiger partial charge in [-0.3, -0.25) is 9.10 Å². The molecule has 1 unspecified atom stereocenters. The summed E-state index contributed by atoms with van der Waals surface area (Å²) in [7, 11) is -2.71. The minimum absolute atomic E-state index is 0.0201. The molecule has 0 radical (unpaired) electrons. The van der Waals surface area contributed by atoms with Gasteiger partial charge in [-0.2, -0.15) is 0 Å². The molecule has 0 saturated carbocycles. The molecule has 2 rings (SSSR count). The number of hydrogen-bond donors (Lipinski definition) is 0. The SMILES string of the molecule is C/C=C/C(C)c1cccc(C)c1N(CC(=O)OC)S(=O)(=O)c1ccc(C)cc1. The second-order valence-corrected chi connectivity index (χ2v) is 8.59. The molecule has 0 saturated heterocycles. The standard InChI is InChI=1S/C22H27NO4S/c1-6-8-17(3)20-10-7-9-18(4)22(20)23(15-21(24)27-5)28(25,26)19-13-11-16(2)12-14-19/h6-14,17H,15H2,1-5H3/b8-6+. The van der Waals surface area contributed by atoms with Gasteiger partial charge in [-0.05, 0) is 44.0 Å². The van der Waals surface area contributed by atoms with Crippen LogP contribution in [0.5, 0.6) is 0 Å². The second kappa shape index (κ2) is 9.06. The number of rotatable bonds is 7. The Labute approximate surface area is 167 Å². The molecule has 0 amide bonds. The molecular formula is C22H27NO4S. The van der Waals surface area contributed by atoms with E-state index in [2.05, 4.69) is 0 Å². The first kappa shape index (κ1) is 21.7. The highest BCUT2D eigenvalue weighted by Crippen LogP contribution is 2.35. The number of benzene rings is 2. The molecule has 0 aliphatic heterocycles. The van der Waals surface area contributed by atoms with Crippen molar-refractivity contribution in [2.45, 2.75) is 38.5 Å². The Hall–Kier alpha value is -2.60. The molecule has 5 nitrogen and oxygen atoms in total. The summed E-state index contributed by atoms with van der Waals surface area (Å²) >= 11 is 0. The van der Waals surface area contributed by atoms with E-state index in [0.717, 1.165) is 21.0 Å². The number of esters is 1. The quantitative estimate of drug-likeness (QED) is 0.511. The van der Waals surface area contributed by atoms with Gasteiger partial charge in [0.1, 0.15) is 6.54 Å². The first-order chi connectivity index (χ1) is 13.2. The lowest BCUT2D eigenvalue weighted by Gasteiger charge is -2.28. The van der Waals surface area contributed by atoms with Gasteiger partial charge >= 0.3 is 5.97 Å². The van der Waals surface area contributed by atoms with Crippen molar-refractivity contribution in [3.63, 3.8) is 0 Å². The molecule has 2 aromatic rings. The second-order valence-electron chi connectivity index (χ2n) is 6.73. The number of nitrogens with zero attached hydrogens (tertiary/aromatic N) is 1. The highest BCUT2D eigenvalue weighted by Gasteiger charge is 2.31. The van der Waals surface area contributed by atoms with Crippen LogP contribution in [-0.4, -0.2) is 28.0 Å². The zero-order valence-electron chi connectivity index (χ0n) is 17.0. The highest BCUT2D eigenvalue weighted by molar-refractivity contribution is 7.92. The third kappa shape index (κ3) is 4.62. The number of aryl methyl sites for hydroxylation is 2. The van der Waals surface area contributed by atoms with Crippen LogP contribution in [0.15, 0.2) is 59.5 Å². The van der Waals surface area contributed by atoms with Crippen molar-refractivity contribution in [2.24, 2.45) is 0 Å². The number of anilines is 1. The van der Waals surface area contributed by atoms with Crippen molar-refractivity contribution in [2.75, 3.05) is 18.0 Å². The van der Waals surface area contributed by atoms with Gasteiger partial charge in [-0.25, -0.2) is 8.42 Å². The van der Waals surface area contributed by atoms with Crippen LogP contribution in [0.25, 0.3) is 0 Å². The maximum Gasteiger partial charge on any atom is 0.326 e. The fourth-order valence-electron chi connectivity index (χ4n) is 3.09. The maximum atomic E-state index is 13.5. The number of sulfonamides is 1. The van der Waals surface area contributed by atoms with Crippen molar-refractivity contribution in [3.8, 4) is 0 Å². The molecule has 150 valence electrons. The highest BCUT2D eigenvalue weighted by atomic mass is 32.2. The zero-order chi connectivity index (χ0) is 20.9. The minimum atomic E-state index is -3.96. The van der Waals surface area contributed by atoms with Gasteiger partial charge in [-0.15, -0.1) is 0 Å². The van der Waals surface area contributed by atoms with Crippen molar-refractivity contribution in [1.29, 1.82) is 0 Å². The number of methoxy groups -OCH3 is 1. The first-order valence-electron chi connectivity index (χ1n) is 9.11. The Balaban J connectivity index is 2.71. The number of hydrogen-bond acceptors (Lipinski definition) is 4. The van der Waals surface area contributed by atoms with E-state index in [1.54, 1.807) is 24.3 Å². The van der Waals surface area contributed by atoms with Crippen molar-refractivity contribution in [1.82, 2.24) is 0 Å². The topological polar surface area (TPSA) is 63.7 Å². The van der Waals surface area contributed by atoms with Gasteiger partial charge in [0.2, 0.25) is 0 Å². The fraction of sp³-hybridized carbons (Fsp3) is 0.318. The molecular weight excluding hydrogens is 374 g/mol. The Kier molecular flexibility index (Phi) is 7.02. The average molecular weight is 402 g/mol. The molecule has 6 heteroatoms.